The lowest BCUT2D eigenvalue weighted by atomic mass is 9.95. The lowest BCUT2D eigenvalue weighted by Crippen LogP contribution is -2.23. The summed E-state index contributed by atoms with van der Waals surface area (Å²) >= 11 is 4.75. The molecule has 8 heteroatoms. The summed E-state index contributed by atoms with van der Waals surface area (Å²) in [6.07, 6.45) is 3.59. The molecule has 0 fully saturated rings. The molecule has 0 spiro atoms. The predicted octanol–water partition coefficient (Wildman–Crippen LogP) is 4.68. The number of anilines is 1. The van der Waals surface area contributed by atoms with Gasteiger partial charge in [0.25, 0.3) is 5.91 Å². The van der Waals surface area contributed by atoms with E-state index in [1.807, 2.05) is 24.3 Å². The summed E-state index contributed by atoms with van der Waals surface area (Å²) in [6, 6.07) is 7.31. The van der Waals surface area contributed by atoms with Crippen molar-refractivity contribution >= 4 is 50.1 Å². The molecule has 160 valence electrons. The molecule has 0 saturated heterocycles. The quantitative estimate of drug-likeness (QED) is 0.566. The van der Waals surface area contributed by atoms with E-state index in [0.717, 1.165) is 46.2 Å². The number of amides is 1. The molecule has 0 aliphatic heterocycles. The fraction of sp³-hybridized carbons (Fsp3) is 0.409. The van der Waals surface area contributed by atoms with Crippen LogP contribution in [0.4, 0.5) is 5.00 Å². The zero-order chi connectivity index (χ0) is 21.7. The molecule has 1 amide bonds. The van der Waals surface area contributed by atoms with Crippen LogP contribution in [0.1, 0.15) is 53.1 Å². The number of aryl methyl sites for hydroxylation is 1. The summed E-state index contributed by atoms with van der Waals surface area (Å²) in [5, 5.41) is 3.22. The Morgan fingerprint density at radius 1 is 1.13 bits per heavy atom. The lowest BCUT2D eigenvalue weighted by molar-refractivity contribution is -0.146. The number of rotatable bonds is 7. The van der Waals surface area contributed by atoms with Gasteiger partial charge < -0.3 is 14.8 Å². The molecule has 1 N–H and O–H groups in total. The van der Waals surface area contributed by atoms with E-state index in [9.17, 15) is 14.4 Å². The van der Waals surface area contributed by atoms with E-state index in [-0.39, 0.29) is 12.5 Å². The number of nitrogens with one attached hydrogen (secondary N) is 1. The highest BCUT2D eigenvalue weighted by atomic mass is 79.9. The van der Waals surface area contributed by atoms with Crippen LogP contribution in [0.5, 0.6) is 0 Å². The number of halogens is 1. The van der Waals surface area contributed by atoms with Gasteiger partial charge in [0.05, 0.1) is 18.1 Å². The molecule has 2 aromatic rings. The topological polar surface area (TPSA) is 81.7 Å². The number of thiophene rings is 1. The van der Waals surface area contributed by atoms with Crippen molar-refractivity contribution in [2.45, 2.75) is 52.1 Å². The first-order valence-electron chi connectivity index (χ1n) is 9.89. The summed E-state index contributed by atoms with van der Waals surface area (Å²) in [4.78, 5) is 38.1. The molecule has 1 aromatic heterocycles. The zero-order valence-corrected chi connectivity index (χ0v) is 19.4. The van der Waals surface area contributed by atoms with Crippen LogP contribution in [0, 0.1) is 0 Å². The van der Waals surface area contributed by atoms with Crippen molar-refractivity contribution in [2.24, 2.45) is 0 Å². The number of carbonyl (C=O) groups is 3. The van der Waals surface area contributed by atoms with E-state index in [1.165, 1.54) is 11.3 Å². The molecular formula is C22H24BrNO5S. The summed E-state index contributed by atoms with van der Waals surface area (Å²) in [6.45, 7) is 3.18. The van der Waals surface area contributed by atoms with E-state index >= 15 is 0 Å². The highest BCUT2D eigenvalue weighted by Gasteiger charge is 2.28. The molecule has 1 aliphatic carbocycles. The second-order valence-corrected chi connectivity index (χ2v) is 9.40. The van der Waals surface area contributed by atoms with Crippen molar-refractivity contribution in [3.63, 3.8) is 0 Å². The third-order valence-electron chi connectivity index (χ3n) is 4.60. The molecule has 0 radical (unpaired) electrons. The van der Waals surface area contributed by atoms with Crippen LogP contribution in [-0.4, -0.2) is 30.6 Å². The van der Waals surface area contributed by atoms with Gasteiger partial charge in [0, 0.05) is 9.35 Å². The van der Waals surface area contributed by atoms with Crippen LogP contribution in [0.3, 0.4) is 0 Å². The number of fused-ring (bicyclic) bond motifs is 1. The maximum absolute atomic E-state index is 12.6. The SMILES string of the molecule is CC(C)OC(=O)c1c(NC(=O)COC(=O)Cc2ccc(Br)cc2)sc2c1CCCC2. The maximum atomic E-state index is 12.6. The lowest BCUT2D eigenvalue weighted by Gasteiger charge is -2.14. The van der Waals surface area contributed by atoms with Gasteiger partial charge in [0.1, 0.15) is 5.00 Å². The molecule has 1 aliphatic rings. The average molecular weight is 494 g/mol. The molecule has 6 nitrogen and oxygen atoms in total. The fourth-order valence-corrected chi connectivity index (χ4v) is 4.83. The van der Waals surface area contributed by atoms with Gasteiger partial charge in [-0.15, -0.1) is 11.3 Å². The summed E-state index contributed by atoms with van der Waals surface area (Å²) in [7, 11) is 0. The number of benzene rings is 1. The Balaban J connectivity index is 1.63. The first-order valence-corrected chi connectivity index (χ1v) is 11.5. The van der Waals surface area contributed by atoms with E-state index in [2.05, 4.69) is 21.2 Å². The molecule has 0 atom stereocenters. The zero-order valence-electron chi connectivity index (χ0n) is 17.0. The van der Waals surface area contributed by atoms with Crippen LogP contribution >= 0.6 is 27.3 Å². The van der Waals surface area contributed by atoms with Crippen molar-refractivity contribution in [3.8, 4) is 0 Å². The van der Waals surface area contributed by atoms with Gasteiger partial charge in [-0.3, -0.25) is 9.59 Å². The number of carbonyl (C=O) groups excluding carboxylic acids is 3. The Hall–Kier alpha value is -2.19. The van der Waals surface area contributed by atoms with Crippen LogP contribution < -0.4 is 5.32 Å². The molecule has 0 saturated carbocycles. The maximum Gasteiger partial charge on any atom is 0.341 e. The van der Waals surface area contributed by atoms with Gasteiger partial charge in [-0.1, -0.05) is 28.1 Å². The number of hydrogen-bond donors (Lipinski definition) is 1. The second-order valence-electron chi connectivity index (χ2n) is 7.38. The van der Waals surface area contributed by atoms with Crippen molar-refractivity contribution in [1.82, 2.24) is 0 Å². The minimum atomic E-state index is -0.489. The van der Waals surface area contributed by atoms with Gasteiger partial charge in [-0.25, -0.2) is 4.79 Å². The van der Waals surface area contributed by atoms with Gasteiger partial charge in [0.15, 0.2) is 6.61 Å². The van der Waals surface area contributed by atoms with Gasteiger partial charge in [-0.2, -0.15) is 0 Å². The van der Waals surface area contributed by atoms with E-state index in [1.54, 1.807) is 13.8 Å². The van der Waals surface area contributed by atoms with Crippen LogP contribution in [-0.2, 0) is 38.3 Å². The predicted molar refractivity (Wildman–Crippen MR) is 119 cm³/mol. The average Bonchev–Trinajstić information content (AvgIpc) is 3.05. The smallest absolute Gasteiger partial charge is 0.341 e. The van der Waals surface area contributed by atoms with Gasteiger partial charge in [0.2, 0.25) is 0 Å². The second kappa shape index (κ2) is 10.2. The summed E-state index contributed by atoms with van der Waals surface area (Å²) in [5.74, 6) is -1.39. The molecule has 0 unspecified atom stereocenters. The highest BCUT2D eigenvalue weighted by Crippen LogP contribution is 2.38. The molecule has 3 rings (SSSR count). The molecular weight excluding hydrogens is 470 g/mol. The Morgan fingerprint density at radius 3 is 2.53 bits per heavy atom. The summed E-state index contributed by atoms with van der Waals surface area (Å²) in [5.41, 5.74) is 2.21. The Labute approximate surface area is 188 Å². The minimum absolute atomic E-state index is 0.0832. The van der Waals surface area contributed by atoms with Crippen molar-refractivity contribution in [3.05, 3.63) is 50.3 Å². The van der Waals surface area contributed by atoms with Crippen LogP contribution in [0.15, 0.2) is 28.7 Å². The third-order valence-corrected chi connectivity index (χ3v) is 6.33. The largest absolute Gasteiger partial charge is 0.459 e. The van der Waals surface area contributed by atoms with Crippen LogP contribution in [0.25, 0.3) is 0 Å². The van der Waals surface area contributed by atoms with Crippen LogP contribution in [0.2, 0.25) is 0 Å². The molecule has 1 heterocycles. The highest BCUT2D eigenvalue weighted by molar-refractivity contribution is 9.10. The van der Waals surface area contributed by atoms with Gasteiger partial charge in [-0.05, 0) is 62.8 Å². The normalized spacial score (nSPS) is 12.9. The molecule has 1 aromatic carbocycles. The minimum Gasteiger partial charge on any atom is -0.459 e. The van der Waals surface area contributed by atoms with E-state index in [0.29, 0.717) is 10.6 Å². The van der Waals surface area contributed by atoms with E-state index in [4.69, 9.17) is 9.47 Å². The van der Waals surface area contributed by atoms with Crippen molar-refractivity contribution in [1.29, 1.82) is 0 Å². The van der Waals surface area contributed by atoms with E-state index < -0.39 is 24.5 Å². The Bertz CT molecular complexity index is 936. The van der Waals surface area contributed by atoms with Crippen molar-refractivity contribution < 1.29 is 23.9 Å². The Morgan fingerprint density at radius 2 is 1.83 bits per heavy atom. The molecule has 0 bridgehead atoms. The number of ether oxygens (including phenoxy) is 2. The standard InChI is InChI=1S/C22H24BrNO5S/c1-13(2)29-22(27)20-16-5-3-4-6-17(16)30-21(20)24-18(25)12-28-19(26)11-14-7-9-15(23)10-8-14/h7-10,13H,3-6,11-12H2,1-2H3,(H,24,25). The number of esters is 2. The van der Waals surface area contributed by atoms with Crippen molar-refractivity contribution in [2.75, 3.05) is 11.9 Å². The third kappa shape index (κ3) is 5.92. The monoisotopic (exact) mass is 493 g/mol. The Kier molecular flexibility index (Phi) is 7.66. The first kappa shape index (κ1) is 22.5. The summed E-state index contributed by atoms with van der Waals surface area (Å²) < 4.78 is 11.4. The fourth-order valence-electron chi connectivity index (χ4n) is 3.27. The number of hydrogen-bond acceptors (Lipinski definition) is 6. The molecule has 30 heavy (non-hydrogen) atoms. The first-order chi connectivity index (χ1) is 14.3. The van der Waals surface area contributed by atoms with Gasteiger partial charge >= 0.3 is 11.9 Å².